The van der Waals surface area contributed by atoms with E-state index >= 15 is 0 Å². The van der Waals surface area contributed by atoms with Crippen molar-refractivity contribution in [3.63, 3.8) is 0 Å². The molecule has 4 N–H and O–H groups in total. The van der Waals surface area contributed by atoms with Crippen LogP contribution in [0.3, 0.4) is 0 Å². The highest BCUT2D eigenvalue weighted by Gasteiger charge is 2.23. The van der Waals surface area contributed by atoms with Gasteiger partial charge in [0, 0.05) is 17.8 Å². The van der Waals surface area contributed by atoms with Gasteiger partial charge in [-0.2, -0.15) is 0 Å². The number of anilines is 1. The van der Waals surface area contributed by atoms with Gasteiger partial charge in [-0.1, -0.05) is 32.1 Å². The van der Waals surface area contributed by atoms with Crippen LogP contribution in [-0.2, 0) is 0 Å². The molecule has 1 atom stereocenters. The second-order valence-electron chi connectivity index (χ2n) is 5.56. The molecule has 1 aromatic rings. The Bertz CT molecular complexity index is 361. The van der Waals surface area contributed by atoms with Crippen molar-refractivity contribution >= 4 is 5.82 Å². The first-order chi connectivity index (χ1) is 8.70. The lowest BCUT2D eigenvalue weighted by Crippen LogP contribution is -2.24. The van der Waals surface area contributed by atoms with Gasteiger partial charge in [0.15, 0.2) is 0 Å². The number of aromatic nitrogens is 1. The lowest BCUT2D eigenvalue weighted by Gasteiger charge is -2.27. The third-order valence-electron chi connectivity index (χ3n) is 4.23. The highest BCUT2D eigenvalue weighted by molar-refractivity contribution is 5.46. The van der Waals surface area contributed by atoms with Crippen molar-refractivity contribution in [2.75, 3.05) is 5.73 Å². The highest BCUT2D eigenvalue weighted by Crippen LogP contribution is 2.34. The summed E-state index contributed by atoms with van der Waals surface area (Å²) in [5.41, 5.74) is 14.7. The Balaban J connectivity index is 2.15. The van der Waals surface area contributed by atoms with Crippen molar-refractivity contribution in [3.05, 3.63) is 23.4 Å². The van der Waals surface area contributed by atoms with Crippen molar-refractivity contribution in [3.8, 4) is 0 Å². The number of nitrogens with zero attached hydrogens (tertiary/aromatic N) is 1. The normalized spacial score (nSPS) is 20.1. The van der Waals surface area contributed by atoms with E-state index in [0.717, 1.165) is 5.56 Å². The zero-order valence-corrected chi connectivity index (χ0v) is 11.4. The average Bonchev–Trinajstić information content (AvgIpc) is 2.27. The third kappa shape index (κ3) is 3.02. The van der Waals surface area contributed by atoms with Crippen LogP contribution in [0.5, 0.6) is 0 Å². The van der Waals surface area contributed by atoms with Crippen molar-refractivity contribution in [1.29, 1.82) is 0 Å². The summed E-state index contributed by atoms with van der Waals surface area (Å²) in [6.07, 6.45) is 10.9. The van der Waals surface area contributed by atoms with Crippen molar-refractivity contribution in [2.45, 2.75) is 57.9 Å². The van der Waals surface area contributed by atoms with Gasteiger partial charge in [-0.05, 0) is 37.3 Å². The molecule has 0 bridgehead atoms. The topological polar surface area (TPSA) is 64.9 Å². The smallest absolute Gasteiger partial charge is 0.128 e. The molecule has 18 heavy (non-hydrogen) atoms. The molecule has 3 heteroatoms. The van der Waals surface area contributed by atoms with Crippen LogP contribution in [0.4, 0.5) is 5.82 Å². The van der Waals surface area contributed by atoms with E-state index in [1.54, 1.807) is 6.20 Å². The standard InChI is InChI=1S/C15H25N3/c1-11-9-10-18-15(17)13(11)14(16)12-7-5-3-2-4-6-8-12/h9-10,12,14H,2-8,16H2,1H3,(H2,17,18). The second kappa shape index (κ2) is 6.19. The molecule has 0 amide bonds. The summed E-state index contributed by atoms with van der Waals surface area (Å²) in [6.45, 7) is 2.08. The summed E-state index contributed by atoms with van der Waals surface area (Å²) in [7, 11) is 0. The van der Waals surface area contributed by atoms with Gasteiger partial charge >= 0.3 is 0 Å². The summed E-state index contributed by atoms with van der Waals surface area (Å²) in [5.74, 6) is 1.18. The van der Waals surface area contributed by atoms with Crippen LogP contribution in [0.2, 0.25) is 0 Å². The van der Waals surface area contributed by atoms with Gasteiger partial charge in [-0.3, -0.25) is 0 Å². The van der Waals surface area contributed by atoms with Crippen LogP contribution in [0.1, 0.15) is 62.1 Å². The van der Waals surface area contributed by atoms with Crippen LogP contribution in [-0.4, -0.2) is 4.98 Å². The van der Waals surface area contributed by atoms with Gasteiger partial charge < -0.3 is 11.5 Å². The molecular formula is C15H25N3. The quantitative estimate of drug-likeness (QED) is 0.842. The molecule has 1 aliphatic carbocycles. The van der Waals surface area contributed by atoms with Gasteiger partial charge in [0.05, 0.1) is 0 Å². The van der Waals surface area contributed by atoms with Crippen LogP contribution in [0.15, 0.2) is 12.3 Å². The second-order valence-corrected chi connectivity index (χ2v) is 5.56. The van der Waals surface area contributed by atoms with Gasteiger partial charge in [-0.25, -0.2) is 4.98 Å². The number of hydrogen-bond donors (Lipinski definition) is 2. The van der Waals surface area contributed by atoms with E-state index in [0.29, 0.717) is 11.7 Å². The fourth-order valence-corrected chi connectivity index (χ4v) is 3.11. The van der Waals surface area contributed by atoms with Crippen LogP contribution >= 0.6 is 0 Å². The summed E-state index contributed by atoms with van der Waals surface area (Å²) < 4.78 is 0. The van der Waals surface area contributed by atoms with Crippen LogP contribution in [0.25, 0.3) is 0 Å². The Kier molecular flexibility index (Phi) is 4.59. The number of nitrogens with two attached hydrogens (primary N) is 2. The molecule has 3 nitrogen and oxygen atoms in total. The summed E-state index contributed by atoms with van der Waals surface area (Å²) in [4.78, 5) is 4.20. The van der Waals surface area contributed by atoms with E-state index in [9.17, 15) is 0 Å². The molecule has 0 radical (unpaired) electrons. The van der Waals surface area contributed by atoms with Gasteiger partial charge in [0.1, 0.15) is 5.82 Å². The molecule has 1 saturated carbocycles. The minimum atomic E-state index is 0.0526. The maximum atomic E-state index is 6.47. The molecular weight excluding hydrogens is 222 g/mol. The fourth-order valence-electron chi connectivity index (χ4n) is 3.11. The first-order valence-corrected chi connectivity index (χ1v) is 7.16. The first kappa shape index (κ1) is 13.3. The Labute approximate surface area is 110 Å². The molecule has 2 rings (SSSR count). The van der Waals surface area contributed by atoms with Gasteiger partial charge in [0.25, 0.3) is 0 Å². The maximum Gasteiger partial charge on any atom is 0.128 e. The van der Waals surface area contributed by atoms with Gasteiger partial charge in [-0.15, -0.1) is 0 Å². The number of aryl methyl sites for hydroxylation is 1. The summed E-state index contributed by atoms with van der Waals surface area (Å²) in [5, 5.41) is 0. The Morgan fingerprint density at radius 2 is 1.78 bits per heavy atom. The lowest BCUT2D eigenvalue weighted by molar-refractivity contribution is 0.327. The average molecular weight is 247 g/mol. The minimum Gasteiger partial charge on any atom is -0.383 e. The third-order valence-corrected chi connectivity index (χ3v) is 4.23. The molecule has 100 valence electrons. The summed E-state index contributed by atoms with van der Waals surface area (Å²) in [6, 6.07) is 2.06. The Morgan fingerprint density at radius 3 is 2.39 bits per heavy atom. The summed E-state index contributed by atoms with van der Waals surface area (Å²) >= 11 is 0. The largest absolute Gasteiger partial charge is 0.383 e. The monoisotopic (exact) mass is 247 g/mol. The first-order valence-electron chi connectivity index (χ1n) is 7.16. The number of nitrogen functional groups attached to an aromatic ring is 1. The van der Waals surface area contributed by atoms with E-state index in [4.69, 9.17) is 11.5 Å². The Hall–Kier alpha value is -1.09. The zero-order chi connectivity index (χ0) is 13.0. The molecule has 1 aliphatic rings. The van der Waals surface area contributed by atoms with Crippen molar-refractivity contribution in [2.24, 2.45) is 11.7 Å². The van der Waals surface area contributed by atoms with E-state index < -0.39 is 0 Å². The molecule has 0 saturated heterocycles. The molecule has 1 heterocycles. The molecule has 1 unspecified atom stereocenters. The van der Waals surface area contributed by atoms with Gasteiger partial charge in [0.2, 0.25) is 0 Å². The molecule has 1 aromatic heterocycles. The number of pyridine rings is 1. The van der Waals surface area contributed by atoms with Crippen LogP contribution in [0, 0.1) is 12.8 Å². The molecule has 1 fully saturated rings. The molecule has 0 spiro atoms. The molecule has 0 aliphatic heterocycles. The predicted molar refractivity (Wildman–Crippen MR) is 76.1 cm³/mol. The van der Waals surface area contributed by atoms with E-state index in [-0.39, 0.29) is 6.04 Å². The maximum absolute atomic E-state index is 6.47. The van der Waals surface area contributed by atoms with E-state index in [1.165, 1.54) is 50.5 Å². The Morgan fingerprint density at radius 1 is 1.17 bits per heavy atom. The number of rotatable bonds is 2. The van der Waals surface area contributed by atoms with Crippen molar-refractivity contribution in [1.82, 2.24) is 4.98 Å². The zero-order valence-electron chi connectivity index (χ0n) is 11.4. The highest BCUT2D eigenvalue weighted by atomic mass is 14.8. The molecule has 0 aromatic carbocycles. The van der Waals surface area contributed by atoms with E-state index in [2.05, 4.69) is 11.9 Å². The predicted octanol–water partition coefficient (Wildman–Crippen LogP) is 3.33. The minimum absolute atomic E-state index is 0.0526. The van der Waals surface area contributed by atoms with Crippen LogP contribution < -0.4 is 11.5 Å². The number of hydrogen-bond acceptors (Lipinski definition) is 3. The van der Waals surface area contributed by atoms with E-state index in [1.807, 2.05) is 6.07 Å². The SMILES string of the molecule is Cc1ccnc(N)c1C(N)C1CCCCCCC1. The van der Waals surface area contributed by atoms with Crippen molar-refractivity contribution < 1.29 is 0 Å². The lowest BCUT2D eigenvalue weighted by atomic mass is 9.82. The fraction of sp³-hybridized carbons (Fsp3) is 0.667.